The fourth-order valence-electron chi connectivity index (χ4n) is 2.57. The summed E-state index contributed by atoms with van der Waals surface area (Å²) >= 11 is 0. The first kappa shape index (κ1) is 13.1. The van der Waals surface area contributed by atoms with Crippen molar-refractivity contribution in [1.82, 2.24) is 4.98 Å². The van der Waals surface area contributed by atoms with Gasteiger partial charge in [0.15, 0.2) is 5.58 Å². The minimum Gasteiger partial charge on any atom is -0.408 e. The van der Waals surface area contributed by atoms with Gasteiger partial charge in [0.25, 0.3) is 0 Å². The Morgan fingerprint density at radius 1 is 1.40 bits per heavy atom. The molecule has 4 N–H and O–H groups in total. The van der Waals surface area contributed by atoms with Gasteiger partial charge in [-0.25, -0.2) is 4.79 Å². The molecule has 1 unspecified atom stereocenters. The van der Waals surface area contributed by atoms with Crippen molar-refractivity contribution in [3.8, 4) is 0 Å². The highest BCUT2D eigenvalue weighted by Crippen LogP contribution is 2.24. The number of benzene rings is 1. The average Bonchev–Trinajstić information content (AvgIpc) is 2.79. The number of hydrogen-bond acceptors (Lipinski definition) is 5. The lowest BCUT2D eigenvalue weighted by atomic mass is 10.1. The van der Waals surface area contributed by atoms with Crippen LogP contribution in [0.1, 0.15) is 25.7 Å². The van der Waals surface area contributed by atoms with E-state index in [0.717, 1.165) is 31.7 Å². The van der Waals surface area contributed by atoms with Gasteiger partial charge in [-0.15, -0.1) is 0 Å². The lowest BCUT2D eigenvalue weighted by Crippen LogP contribution is -2.22. The molecule has 1 aliphatic heterocycles. The third-order valence-corrected chi connectivity index (χ3v) is 3.65. The summed E-state index contributed by atoms with van der Waals surface area (Å²) in [5.74, 6) is -0.466. The van der Waals surface area contributed by atoms with Crippen LogP contribution in [0, 0.1) is 0 Å². The van der Waals surface area contributed by atoms with Crippen molar-refractivity contribution in [2.45, 2.75) is 31.8 Å². The molecule has 0 spiro atoms. The van der Waals surface area contributed by atoms with E-state index < -0.39 is 5.76 Å². The van der Waals surface area contributed by atoms with Crippen LogP contribution in [0.15, 0.2) is 21.3 Å². The smallest absolute Gasteiger partial charge is 0.408 e. The van der Waals surface area contributed by atoms with Crippen LogP contribution in [0.5, 0.6) is 0 Å². The summed E-state index contributed by atoms with van der Waals surface area (Å²) in [4.78, 5) is 13.8. The van der Waals surface area contributed by atoms with E-state index in [2.05, 4.69) is 10.3 Å². The molecule has 6 heteroatoms. The quantitative estimate of drug-likeness (QED) is 0.744. The molecule has 0 amide bonds. The number of aromatic nitrogens is 1. The summed E-state index contributed by atoms with van der Waals surface area (Å²) in [7, 11) is 0. The maximum Gasteiger partial charge on any atom is 0.417 e. The highest BCUT2D eigenvalue weighted by atomic mass is 16.5. The van der Waals surface area contributed by atoms with E-state index in [-0.39, 0.29) is 0 Å². The van der Waals surface area contributed by atoms with Gasteiger partial charge in [-0.1, -0.05) is 0 Å². The number of nitrogen functional groups attached to an aromatic ring is 1. The summed E-state index contributed by atoms with van der Waals surface area (Å²) < 4.78 is 10.7. The maximum absolute atomic E-state index is 11.1. The number of oxazole rings is 1. The lowest BCUT2D eigenvalue weighted by molar-refractivity contribution is 0.0134. The second-order valence-corrected chi connectivity index (χ2v) is 5.15. The highest BCUT2D eigenvalue weighted by Gasteiger charge is 2.13. The number of rotatable bonds is 4. The van der Waals surface area contributed by atoms with E-state index >= 15 is 0 Å². The first-order valence-electron chi connectivity index (χ1n) is 7.00. The molecular formula is C14H19N3O3. The van der Waals surface area contributed by atoms with Crippen molar-refractivity contribution >= 4 is 22.5 Å². The Bertz CT molecular complexity index is 641. The molecule has 1 aromatic carbocycles. The van der Waals surface area contributed by atoms with Crippen molar-refractivity contribution in [2.75, 3.05) is 24.2 Å². The van der Waals surface area contributed by atoms with Gasteiger partial charge in [-0.3, -0.25) is 4.98 Å². The molecule has 20 heavy (non-hydrogen) atoms. The van der Waals surface area contributed by atoms with Crippen LogP contribution in [0.3, 0.4) is 0 Å². The SMILES string of the molecule is Nc1cc2oc(=O)[nH]c2cc1NCCC1CCCCO1. The van der Waals surface area contributed by atoms with Crippen LogP contribution >= 0.6 is 0 Å². The minimum atomic E-state index is -0.466. The van der Waals surface area contributed by atoms with E-state index in [9.17, 15) is 4.79 Å². The second-order valence-electron chi connectivity index (χ2n) is 5.15. The van der Waals surface area contributed by atoms with Crippen LogP contribution in [-0.4, -0.2) is 24.2 Å². The summed E-state index contributed by atoms with van der Waals surface area (Å²) in [5, 5.41) is 3.29. The Balaban J connectivity index is 1.64. The van der Waals surface area contributed by atoms with E-state index in [1.165, 1.54) is 12.8 Å². The van der Waals surface area contributed by atoms with Gasteiger partial charge in [0.1, 0.15) is 0 Å². The zero-order valence-electron chi connectivity index (χ0n) is 11.3. The number of nitrogens with one attached hydrogen (secondary N) is 2. The first-order chi connectivity index (χ1) is 9.72. The summed E-state index contributed by atoms with van der Waals surface area (Å²) in [5.41, 5.74) is 8.46. The zero-order valence-corrected chi connectivity index (χ0v) is 11.3. The number of nitrogens with two attached hydrogens (primary N) is 1. The first-order valence-corrected chi connectivity index (χ1v) is 7.00. The lowest BCUT2D eigenvalue weighted by Gasteiger charge is -2.22. The molecule has 0 bridgehead atoms. The molecular weight excluding hydrogens is 258 g/mol. The van der Waals surface area contributed by atoms with Crippen LogP contribution in [0.4, 0.5) is 11.4 Å². The van der Waals surface area contributed by atoms with Gasteiger partial charge >= 0.3 is 5.76 Å². The fraction of sp³-hybridized carbons (Fsp3) is 0.500. The van der Waals surface area contributed by atoms with Crippen molar-refractivity contribution in [1.29, 1.82) is 0 Å². The molecule has 1 saturated heterocycles. The fourth-order valence-corrected chi connectivity index (χ4v) is 2.57. The Kier molecular flexibility index (Phi) is 3.64. The minimum absolute atomic E-state index is 0.343. The summed E-state index contributed by atoms with van der Waals surface area (Å²) in [6.45, 7) is 1.66. The van der Waals surface area contributed by atoms with Crippen LogP contribution < -0.4 is 16.8 Å². The topological polar surface area (TPSA) is 93.3 Å². The molecule has 1 fully saturated rings. The molecule has 108 valence electrons. The molecule has 1 aromatic heterocycles. The number of H-pyrrole nitrogens is 1. The Labute approximate surface area is 116 Å². The van der Waals surface area contributed by atoms with Crippen LogP contribution in [0.2, 0.25) is 0 Å². The van der Waals surface area contributed by atoms with E-state index in [1.807, 2.05) is 0 Å². The molecule has 6 nitrogen and oxygen atoms in total. The monoisotopic (exact) mass is 277 g/mol. The summed E-state index contributed by atoms with van der Waals surface area (Å²) in [6.07, 6.45) is 4.84. The van der Waals surface area contributed by atoms with Gasteiger partial charge in [-0.05, 0) is 31.7 Å². The third-order valence-electron chi connectivity index (χ3n) is 3.65. The number of anilines is 2. The molecule has 2 heterocycles. The van der Waals surface area contributed by atoms with Gasteiger partial charge < -0.3 is 20.2 Å². The number of fused-ring (bicyclic) bond motifs is 1. The van der Waals surface area contributed by atoms with Crippen molar-refractivity contribution in [3.63, 3.8) is 0 Å². The molecule has 3 rings (SSSR count). The second kappa shape index (κ2) is 5.58. The predicted octanol–water partition coefficient (Wildman–Crippen LogP) is 2.07. The van der Waals surface area contributed by atoms with Crippen molar-refractivity contribution in [3.05, 3.63) is 22.7 Å². The average molecular weight is 277 g/mol. The molecule has 0 saturated carbocycles. The normalized spacial score (nSPS) is 19.3. The molecule has 0 aliphatic carbocycles. The zero-order chi connectivity index (χ0) is 13.9. The Hall–Kier alpha value is -1.95. The molecule has 2 aromatic rings. The molecule has 1 atom stereocenters. The Morgan fingerprint density at radius 2 is 2.30 bits per heavy atom. The van der Waals surface area contributed by atoms with E-state index in [1.54, 1.807) is 12.1 Å². The number of ether oxygens (including phenoxy) is 1. The summed E-state index contributed by atoms with van der Waals surface area (Å²) in [6, 6.07) is 3.46. The van der Waals surface area contributed by atoms with Gasteiger partial charge in [0, 0.05) is 19.2 Å². The van der Waals surface area contributed by atoms with Crippen molar-refractivity contribution in [2.24, 2.45) is 0 Å². The van der Waals surface area contributed by atoms with E-state index in [0.29, 0.717) is 22.9 Å². The predicted molar refractivity (Wildman–Crippen MR) is 77.9 cm³/mol. The number of hydrogen-bond donors (Lipinski definition) is 3. The highest BCUT2D eigenvalue weighted by molar-refractivity contribution is 5.85. The standard InChI is InChI=1S/C14H19N3O3/c15-10-7-13-12(17-14(18)20-13)8-11(10)16-5-4-9-3-1-2-6-19-9/h7-9,16H,1-6,15H2,(H,17,18). The largest absolute Gasteiger partial charge is 0.417 e. The molecule has 0 radical (unpaired) electrons. The van der Waals surface area contributed by atoms with Crippen LogP contribution in [0.25, 0.3) is 11.1 Å². The third kappa shape index (κ3) is 2.80. The van der Waals surface area contributed by atoms with Gasteiger partial charge in [0.2, 0.25) is 0 Å². The number of aromatic amines is 1. The van der Waals surface area contributed by atoms with Gasteiger partial charge in [-0.2, -0.15) is 0 Å². The van der Waals surface area contributed by atoms with E-state index in [4.69, 9.17) is 14.9 Å². The van der Waals surface area contributed by atoms with Crippen molar-refractivity contribution < 1.29 is 9.15 Å². The Morgan fingerprint density at radius 3 is 3.10 bits per heavy atom. The maximum atomic E-state index is 11.1. The van der Waals surface area contributed by atoms with Gasteiger partial charge in [0.05, 0.1) is 23.0 Å². The molecule has 1 aliphatic rings. The van der Waals surface area contributed by atoms with Crippen LogP contribution in [-0.2, 0) is 4.74 Å².